The largest absolute Gasteiger partial charge is 0.331 e. The highest BCUT2D eigenvalue weighted by Gasteiger charge is 2.34. The molecule has 0 aliphatic heterocycles. The topological polar surface area (TPSA) is 54.5 Å². The Kier molecular flexibility index (Phi) is 4.95. The lowest BCUT2D eigenvalue weighted by Gasteiger charge is -2.30. The van der Waals surface area contributed by atoms with Crippen LogP contribution in [0.1, 0.15) is 35.7 Å². The number of rotatable bonds is 6. The van der Waals surface area contributed by atoms with E-state index in [1.807, 2.05) is 35.2 Å². The molecule has 0 aromatic heterocycles. The third-order valence-corrected chi connectivity index (χ3v) is 5.91. The fourth-order valence-electron chi connectivity index (χ4n) is 3.02. The second-order valence-electron chi connectivity index (χ2n) is 6.79. The van der Waals surface area contributed by atoms with E-state index in [-0.39, 0.29) is 16.8 Å². The molecule has 0 saturated heterocycles. The molecule has 1 aliphatic rings. The second kappa shape index (κ2) is 7.00. The van der Waals surface area contributed by atoms with Crippen LogP contribution in [0.2, 0.25) is 0 Å². The number of carbonyl (C=O) groups is 1. The lowest BCUT2D eigenvalue weighted by molar-refractivity contribution is 0.0654. The highest BCUT2D eigenvalue weighted by molar-refractivity contribution is 7.90. The van der Waals surface area contributed by atoms with Gasteiger partial charge in [0.2, 0.25) is 0 Å². The number of sulfone groups is 1. The average molecular weight is 357 g/mol. The lowest BCUT2D eigenvalue weighted by Crippen LogP contribution is -2.39. The van der Waals surface area contributed by atoms with Crippen molar-refractivity contribution in [2.45, 2.75) is 37.2 Å². The molecular weight excluding hydrogens is 334 g/mol. The molecule has 0 radical (unpaired) electrons. The minimum Gasteiger partial charge on any atom is -0.331 e. The summed E-state index contributed by atoms with van der Waals surface area (Å²) in [6.45, 7) is 2.66. The molecule has 1 fully saturated rings. The van der Waals surface area contributed by atoms with E-state index in [0.717, 1.165) is 18.4 Å². The minimum atomic E-state index is -3.26. The molecule has 2 aromatic carbocycles. The highest BCUT2D eigenvalue weighted by Crippen LogP contribution is 2.36. The third kappa shape index (κ3) is 4.28. The molecule has 1 amide bonds. The van der Waals surface area contributed by atoms with Gasteiger partial charge in [-0.25, -0.2) is 8.42 Å². The summed E-state index contributed by atoms with van der Waals surface area (Å²) in [4.78, 5) is 15.2. The van der Waals surface area contributed by atoms with Gasteiger partial charge < -0.3 is 4.90 Å². The number of hydrogen-bond acceptors (Lipinski definition) is 3. The number of carbonyl (C=O) groups excluding carboxylic acids is 1. The van der Waals surface area contributed by atoms with E-state index >= 15 is 0 Å². The van der Waals surface area contributed by atoms with E-state index in [4.69, 9.17) is 0 Å². The summed E-state index contributed by atoms with van der Waals surface area (Å²) in [6.07, 6.45) is 3.49. The molecule has 0 N–H and O–H groups in total. The van der Waals surface area contributed by atoms with Crippen LogP contribution in [0.15, 0.2) is 59.5 Å². The quantitative estimate of drug-likeness (QED) is 0.795. The van der Waals surface area contributed by atoms with Gasteiger partial charge in [-0.1, -0.05) is 30.3 Å². The van der Waals surface area contributed by atoms with Crippen LogP contribution >= 0.6 is 0 Å². The summed E-state index contributed by atoms with van der Waals surface area (Å²) >= 11 is 0. The van der Waals surface area contributed by atoms with E-state index in [1.165, 1.54) is 18.4 Å². The zero-order valence-electron chi connectivity index (χ0n) is 14.6. The van der Waals surface area contributed by atoms with E-state index in [9.17, 15) is 13.2 Å². The van der Waals surface area contributed by atoms with Crippen LogP contribution in [-0.2, 0) is 16.4 Å². The highest BCUT2D eigenvalue weighted by atomic mass is 32.2. The first kappa shape index (κ1) is 17.7. The van der Waals surface area contributed by atoms with Crippen molar-refractivity contribution in [1.29, 1.82) is 0 Å². The lowest BCUT2D eigenvalue weighted by atomic mass is 10.1. The maximum absolute atomic E-state index is 13.1. The summed E-state index contributed by atoms with van der Waals surface area (Å²) in [6, 6.07) is 16.3. The zero-order chi connectivity index (χ0) is 18.0. The molecular formula is C20H23NO3S. The maximum Gasteiger partial charge on any atom is 0.254 e. The molecule has 4 nitrogen and oxygen atoms in total. The number of amides is 1. The Labute approximate surface area is 149 Å². The SMILES string of the molecule is CC(C1CC1)N(Cc1ccccc1)C(=O)c1ccc(S(C)(=O)=O)cc1. The molecule has 1 aliphatic carbocycles. The van der Waals surface area contributed by atoms with Crippen LogP contribution in [0, 0.1) is 5.92 Å². The molecule has 0 heterocycles. The monoisotopic (exact) mass is 357 g/mol. The summed E-state index contributed by atoms with van der Waals surface area (Å²) in [7, 11) is -3.26. The Bertz CT molecular complexity index is 840. The Hall–Kier alpha value is -2.14. The maximum atomic E-state index is 13.1. The molecule has 1 saturated carbocycles. The molecule has 132 valence electrons. The van der Waals surface area contributed by atoms with Crippen molar-refractivity contribution < 1.29 is 13.2 Å². The van der Waals surface area contributed by atoms with Crippen LogP contribution in [0.25, 0.3) is 0 Å². The average Bonchev–Trinajstić information content (AvgIpc) is 3.44. The third-order valence-electron chi connectivity index (χ3n) is 4.78. The van der Waals surface area contributed by atoms with Gasteiger partial charge in [0.15, 0.2) is 9.84 Å². The van der Waals surface area contributed by atoms with Crippen molar-refractivity contribution in [2.75, 3.05) is 6.26 Å². The van der Waals surface area contributed by atoms with Gasteiger partial charge in [0.1, 0.15) is 0 Å². The molecule has 1 atom stereocenters. The van der Waals surface area contributed by atoms with Crippen molar-refractivity contribution in [1.82, 2.24) is 4.90 Å². The second-order valence-corrected chi connectivity index (χ2v) is 8.81. The Morgan fingerprint density at radius 2 is 1.68 bits per heavy atom. The fraction of sp³-hybridized carbons (Fsp3) is 0.350. The van der Waals surface area contributed by atoms with E-state index in [0.29, 0.717) is 18.0 Å². The number of benzene rings is 2. The standard InChI is InChI=1S/C20H23NO3S/c1-15(17-8-9-17)21(14-16-6-4-3-5-7-16)20(22)18-10-12-19(13-11-18)25(2,23)24/h3-7,10-13,15,17H,8-9,14H2,1-2H3. The normalized spacial score (nSPS) is 15.6. The molecule has 0 bridgehead atoms. The smallest absolute Gasteiger partial charge is 0.254 e. The molecule has 25 heavy (non-hydrogen) atoms. The number of hydrogen-bond donors (Lipinski definition) is 0. The van der Waals surface area contributed by atoms with Crippen molar-refractivity contribution in [3.05, 3.63) is 65.7 Å². The molecule has 2 aromatic rings. The predicted molar refractivity (Wildman–Crippen MR) is 98.1 cm³/mol. The van der Waals surface area contributed by atoms with Gasteiger partial charge >= 0.3 is 0 Å². The van der Waals surface area contributed by atoms with Crippen molar-refractivity contribution in [3.63, 3.8) is 0 Å². The van der Waals surface area contributed by atoms with Crippen molar-refractivity contribution >= 4 is 15.7 Å². The van der Waals surface area contributed by atoms with Gasteiger partial charge in [-0.05, 0) is 55.5 Å². The van der Waals surface area contributed by atoms with Gasteiger partial charge in [0.05, 0.1) is 4.90 Å². The Balaban J connectivity index is 1.85. The molecule has 5 heteroatoms. The number of nitrogens with zero attached hydrogens (tertiary/aromatic N) is 1. The first-order chi connectivity index (χ1) is 11.9. The molecule has 0 spiro atoms. The fourth-order valence-corrected chi connectivity index (χ4v) is 3.65. The van der Waals surface area contributed by atoms with Gasteiger partial charge in [0, 0.05) is 24.4 Å². The van der Waals surface area contributed by atoms with Gasteiger partial charge in [0.25, 0.3) is 5.91 Å². The van der Waals surface area contributed by atoms with E-state index < -0.39 is 9.84 Å². The van der Waals surface area contributed by atoms with Crippen LogP contribution in [-0.4, -0.2) is 31.5 Å². The van der Waals surface area contributed by atoms with Crippen LogP contribution < -0.4 is 0 Å². The van der Waals surface area contributed by atoms with Crippen molar-refractivity contribution in [3.8, 4) is 0 Å². The summed E-state index contributed by atoms with van der Waals surface area (Å²) in [5.74, 6) is 0.506. The van der Waals surface area contributed by atoms with Crippen molar-refractivity contribution in [2.24, 2.45) is 5.92 Å². The Morgan fingerprint density at radius 1 is 1.08 bits per heavy atom. The van der Waals surface area contributed by atoms with E-state index in [2.05, 4.69) is 6.92 Å². The van der Waals surface area contributed by atoms with Crippen LogP contribution in [0.4, 0.5) is 0 Å². The predicted octanol–water partition coefficient (Wildman–Crippen LogP) is 3.53. The minimum absolute atomic E-state index is 0.0525. The van der Waals surface area contributed by atoms with Crippen LogP contribution in [0.3, 0.4) is 0 Å². The first-order valence-electron chi connectivity index (χ1n) is 8.51. The summed E-state index contributed by atoms with van der Waals surface area (Å²) < 4.78 is 23.2. The Morgan fingerprint density at radius 3 is 2.20 bits per heavy atom. The van der Waals surface area contributed by atoms with Gasteiger partial charge in [-0.3, -0.25) is 4.79 Å². The van der Waals surface area contributed by atoms with E-state index in [1.54, 1.807) is 12.1 Å². The summed E-state index contributed by atoms with van der Waals surface area (Å²) in [5, 5.41) is 0. The molecule has 1 unspecified atom stereocenters. The van der Waals surface area contributed by atoms with Gasteiger partial charge in [-0.2, -0.15) is 0 Å². The molecule has 3 rings (SSSR count). The first-order valence-corrected chi connectivity index (χ1v) is 10.4. The summed E-state index contributed by atoms with van der Waals surface area (Å²) in [5.41, 5.74) is 1.62. The zero-order valence-corrected chi connectivity index (χ0v) is 15.4. The van der Waals surface area contributed by atoms with Crippen LogP contribution in [0.5, 0.6) is 0 Å². The van der Waals surface area contributed by atoms with Gasteiger partial charge in [-0.15, -0.1) is 0 Å².